The number of para-hydroxylation sites is 2. The van der Waals surface area contributed by atoms with Crippen LogP contribution in [-0.2, 0) is 23.8 Å². The molecule has 0 spiro atoms. The highest BCUT2D eigenvalue weighted by Gasteiger charge is 2.33. The lowest BCUT2D eigenvalue weighted by molar-refractivity contribution is 0.405. The molecule has 0 N–H and O–H groups in total. The number of hydrogen-bond donors (Lipinski definition) is 0. The summed E-state index contributed by atoms with van der Waals surface area (Å²) in [6.07, 6.45) is 2.01. The van der Waals surface area contributed by atoms with E-state index in [1.165, 1.54) is 16.9 Å². The summed E-state index contributed by atoms with van der Waals surface area (Å²) in [6.45, 7) is -3.86. The second-order valence-electron chi connectivity index (χ2n) is 10.5. The molecule has 0 amide bonds. The zero-order valence-corrected chi connectivity index (χ0v) is 26.0. The van der Waals surface area contributed by atoms with Gasteiger partial charge in [-0.25, -0.2) is 4.57 Å². The van der Waals surface area contributed by atoms with Crippen LogP contribution < -0.4 is 9.05 Å². The van der Waals surface area contributed by atoms with Crippen molar-refractivity contribution < 1.29 is 13.6 Å². The molecule has 5 heteroatoms. The molecule has 3 nitrogen and oxygen atoms in total. The van der Waals surface area contributed by atoms with Gasteiger partial charge in [-0.15, -0.1) is 0 Å². The Morgan fingerprint density at radius 1 is 0.409 bits per heavy atom. The molecule has 0 aliphatic carbocycles. The summed E-state index contributed by atoms with van der Waals surface area (Å²) in [4.78, 5) is 0.862. The summed E-state index contributed by atoms with van der Waals surface area (Å²) in [5.74, 6) is 1.10. The summed E-state index contributed by atoms with van der Waals surface area (Å²) in [6, 6.07) is 54.4. The second-order valence-corrected chi connectivity index (χ2v) is 14.3. The Balaban J connectivity index is 1.36. The number of benzene rings is 6. The van der Waals surface area contributed by atoms with E-state index in [0.29, 0.717) is 30.8 Å². The zero-order valence-electron chi connectivity index (χ0n) is 24.3. The van der Waals surface area contributed by atoms with Crippen molar-refractivity contribution in [1.29, 1.82) is 0 Å². The molecule has 0 fully saturated rings. The van der Waals surface area contributed by atoms with Gasteiger partial charge in [0.15, 0.2) is 0 Å². The van der Waals surface area contributed by atoms with Gasteiger partial charge in [-0.05, 0) is 58.0 Å². The highest BCUT2D eigenvalue weighted by molar-refractivity contribution is 8.55. The molecular formula is C39H33O3PS. The van der Waals surface area contributed by atoms with Crippen LogP contribution in [0.4, 0.5) is 0 Å². The van der Waals surface area contributed by atoms with Crippen molar-refractivity contribution >= 4 is 18.2 Å². The molecule has 0 bridgehead atoms. The van der Waals surface area contributed by atoms with Crippen LogP contribution in [-0.4, -0.2) is 0 Å². The van der Waals surface area contributed by atoms with Crippen LogP contribution in [0.2, 0.25) is 0 Å². The molecule has 0 aliphatic heterocycles. The highest BCUT2D eigenvalue weighted by atomic mass is 32.7. The Labute approximate surface area is 263 Å². The lowest BCUT2D eigenvalue weighted by atomic mass is 10.0. The van der Waals surface area contributed by atoms with Crippen LogP contribution in [0.15, 0.2) is 169 Å². The molecule has 0 aromatic heterocycles. The van der Waals surface area contributed by atoms with Crippen LogP contribution in [0, 0.1) is 0 Å². The van der Waals surface area contributed by atoms with Gasteiger partial charge in [0.2, 0.25) is 0 Å². The van der Waals surface area contributed by atoms with Gasteiger partial charge in [0.05, 0.1) is 0 Å². The van der Waals surface area contributed by atoms with Crippen molar-refractivity contribution in [1.82, 2.24) is 0 Å². The average Bonchev–Trinajstić information content (AvgIpc) is 3.05. The maximum atomic E-state index is 15.1. The SMILES string of the molecule is O=P(Oc1ccccc1Cc1ccccc1)(Oc1ccccc1Cc1ccccc1)Sc1ccccc1Cc1ccccc1. The van der Waals surface area contributed by atoms with Crippen molar-refractivity contribution in [2.24, 2.45) is 0 Å². The van der Waals surface area contributed by atoms with E-state index in [1.54, 1.807) is 0 Å². The third-order valence-electron chi connectivity index (χ3n) is 7.26. The Bertz CT molecular complexity index is 1630. The minimum atomic E-state index is -3.86. The van der Waals surface area contributed by atoms with Crippen molar-refractivity contribution in [3.8, 4) is 11.5 Å². The summed E-state index contributed by atoms with van der Waals surface area (Å²) in [5, 5.41) is 0. The van der Waals surface area contributed by atoms with Crippen molar-refractivity contribution in [2.75, 3.05) is 0 Å². The first-order chi connectivity index (χ1) is 21.6. The van der Waals surface area contributed by atoms with E-state index in [-0.39, 0.29) is 0 Å². The minimum absolute atomic E-state index is 0.549. The van der Waals surface area contributed by atoms with E-state index >= 15 is 4.57 Å². The van der Waals surface area contributed by atoms with Gasteiger partial charge < -0.3 is 9.05 Å². The average molecular weight is 613 g/mol. The Morgan fingerprint density at radius 3 is 1.20 bits per heavy atom. The Kier molecular flexibility index (Phi) is 9.62. The molecule has 0 saturated heterocycles. The van der Waals surface area contributed by atoms with Gasteiger partial charge in [0.25, 0.3) is 0 Å². The topological polar surface area (TPSA) is 35.5 Å². The number of hydrogen-bond acceptors (Lipinski definition) is 4. The van der Waals surface area contributed by atoms with Gasteiger partial charge in [-0.1, -0.05) is 146 Å². The molecular weight excluding hydrogens is 579 g/mol. The lowest BCUT2D eigenvalue weighted by Gasteiger charge is -2.23. The first-order valence-corrected chi connectivity index (χ1v) is 17.6. The maximum Gasteiger partial charge on any atom is 0.497 e. The van der Waals surface area contributed by atoms with E-state index in [2.05, 4.69) is 42.5 Å². The predicted molar refractivity (Wildman–Crippen MR) is 182 cm³/mol. The molecule has 0 radical (unpaired) electrons. The Hall–Kier alpha value is -4.50. The minimum Gasteiger partial charge on any atom is -0.408 e. The summed E-state index contributed by atoms with van der Waals surface area (Å²) < 4.78 is 28.1. The molecule has 6 rings (SSSR count). The fraction of sp³-hybridized carbons (Fsp3) is 0.0769. The quantitative estimate of drug-likeness (QED) is 0.129. The monoisotopic (exact) mass is 612 g/mol. The third-order valence-corrected chi connectivity index (χ3v) is 10.6. The van der Waals surface area contributed by atoms with Crippen molar-refractivity contribution in [3.05, 3.63) is 197 Å². The molecule has 0 atom stereocenters. The van der Waals surface area contributed by atoms with E-state index in [9.17, 15) is 0 Å². The largest absolute Gasteiger partial charge is 0.497 e. The lowest BCUT2D eigenvalue weighted by Crippen LogP contribution is -2.03. The van der Waals surface area contributed by atoms with Crippen LogP contribution in [0.25, 0.3) is 0 Å². The molecule has 0 aliphatic rings. The van der Waals surface area contributed by atoms with E-state index in [4.69, 9.17) is 9.05 Å². The predicted octanol–water partition coefficient (Wildman–Crippen LogP) is 10.8. The second kappa shape index (κ2) is 14.3. The smallest absolute Gasteiger partial charge is 0.408 e. The van der Waals surface area contributed by atoms with Gasteiger partial charge >= 0.3 is 6.80 Å². The summed E-state index contributed by atoms with van der Waals surface area (Å²) in [7, 11) is 0. The fourth-order valence-electron chi connectivity index (χ4n) is 5.08. The van der Waals surface area contributed by atoms with Gasteiger partial charge in [-0.3, -0.25) is 0 Å². The first kappa shape index (κ1) is 29.6. The van der Waals surface area contributed by atoms with Crippen LogP contribution in [0.1, 0.15) is 33.4 Å². The fourth-order valence-corrected chi connectivity index (χ4v) is 8.63. The molecule has 0 heterocycles. The van der Waals surface area contributed by atoms with Crippen LogP contribution >= 0.6 is 18.2 Å². The number of rotatable bonds is 12. The van der Waals surface area contributed by atoms with Gasteiger partial charge in [0.1, 0.15) is 11.5 Å². The Morgan fingerprint density at radius 2 is 0.750 bits per heavy atom. The van der Waals surface area contributed by atoms with Crippen molar-refractivity contribution in [3.63, 3.8) is 0 Å². The summed E-state index contributed by atoms with van der Waals surface area (Å²) in [5.41, 5.74) is 6.42. The van der Waals surface area contributed by atoms with Gasteiger partial charge in [-0.2, -0.15) is 0 Å². The molecule has 218 valence electrons. The van der Waals surface area contributed by atoms with Gasteiger partial charge in [0, 0.05) is 29.1 Å². The summed E-state index contributed by atoms with van der Waals surface area (Å²) >= 11 is 1.17. The highest BCUT2D eigenvalue weighted by Crippen LogP contribution is 2.64. The molecule has 6 aromatic carbocycles. The van der Waals surface area contributed by atoms with E-state index < -0.39 is 6.80 Å². The van der Waals surface area contributed by atoms with Crippen molar-refractivity contribution in [2.45, 2.75) is 24.2 Å². The molecule has 0 unspecified atom stereocenters. The normalized spacial score (nSPS) is 11.2. The van der Waals surface area contributed by atoms with Crippen LogP contribution in [0.3, 0.4) is 0 Å². The molecule has 6 aromatic rings. The molecule has 0 saturated carbocycles. The third kappa shape index (κ3) is 7.90. The van der Waals surface area contributed by atoms with E-state index in [1.807, 2.05) is 121 Å². The maximum absolute atomic E-state index is 15.1. The zero-order chi connectivity index (χ0) is 30.0. The van der Waals surface area contributed by atoms with Crippen LogP contribution in [0.5, 0.6) is 11.5 Å². The van der Waals surface area contributed by atoms with E-state index in [0.717, 1.165) is 32.7 Å². The standard InChI is InChI=1S/C39H33O3PS/c40-43(41-37-25-13-10-22-34(37)28-31-16-4-1-5-17-31,42-38-26-14-11-23-35(38)29-32-18-6-2-7-19-32)44-39-27-15-12-24-36(39)30-33-20-8-3-9-21-33/h1-27H,28-30H2. The first-order valence-electron chi connectivity index (χ1n) is 14.7. The molecule has 44 heavy (non-hydrogen) atoms.